The lowest BCUT2D eigenvalue weighted by atomic mass is 10.00. The molecule has 1 aliphatic rings. The summed E-state index contributed by atoms with van der Waals surface area (Å²) in [7, 11) is 0. The average Bonchev–Trinajstić information content (AvgIpc) is 2.50. The Morgan fingerprint density at radius 3 is 2.60 bits per heavy atom. The minimum absolute atomic E-state index is 0.0874. The van der Waals surface area contributed by atoms with Crippen LogP contribution < -0.4 is 16.8 Å². The topological polar surface area (TPSA) is 125 Å². The molecule has 1 rings (SSSR count). The van der Waals surface area contributed by atoms with Crippen molar-refractivity contribution in [1.82, 2.24) is 5.32 Å². The Morgan fingerprint density at radius 2 is 2.20 bits per heavy atom. The molecule has 0 spiro atoms. The number of nitrogens with two attached hydrogens (primary N) is 2. The van der Waals surface area contributed by atoms with Crippen molar-refractivity contribution < 1.29 is 19.1 Å². The summed E-state index contributed by atoms with van der Waals surface area (Å²) in [5.41, 5.74) is 9.78. The van der Waals surface area contributed by atoms with Crippen molar-refractivity contribution in [3.8, 4) is 0 Å². The summed E-state index contributed by atoms with van der Waals surface area (Å²) in [6.07, 6.45) is -1.51. The SMILES string of the molecule is NC(=O)OC(CC1CCNC1=O)C(N)=O. The van der Waals surface area contributed by atoms with Gasteiger partial charge in [0.1, 0.15) is 0 Å². The van der Waals surface area contributed by atoms with Crippen molar-refractivity contribution in [3.05, 3.63) is 0 Å². The number of carbonyl (C=O) groups is 3. The molecule has 0 aromatic heterocycles. The maximum atomic E-state index is 11.2. The Morgan fingerprint density at radius 1 is 1.53 bits per heavy atom. The summed E-state index contributed by atoms with van der Waals surface area (Å²) in [5.74, 6) is -1.30. The molecular formula is C8H13N3O4. The van der Waals surface area contributed by atoms with Gasteiger partial charge in [-0.3, -0.25) is 9.59 Å². The van der Waals surface area contributed by atoms with Gasteiger partial charge in [-0.05, 0) is 6.42 Å². The first-order valence-electron chi connectivity index (χ1n) is 4.54. The molecule has 0 saturated carbocycles. The van der Waals surface area contributed by atoms with E-state index in [1.165, 1.54) is 0 Å². The predicted octanol–water partition coefficient (Wildman–Crippen LogP) is -1.54. The molecule has 2 unspecified atom stereocenters. The summed E-state index contributed by atoms with van der Waals surface area (Å²) in [6.45, 7) is 0.561. The van der Waals surface area contributed by atoms with Crippen LogP contribution in [0.3, 0.4) is 0 Å². The van der Waals surface area contributed by atoms with Gasteiger partial charge >= 0.3 is 6.09 Å². The number of amides is 3. The van der Waals surface area contributed by atoms with Gasteiger partial charge in [-0.25, -0.2) is 4.79 Å². The molecule has 0 aliphatic carbocycles. The molecule has 0 aromatic rings. The number of ether oxygens (including phenoxy) is 1. The lowest BCUT2D eigenvalue weighted by molar-refractivity contribution is -0.128. The molecule has 1 saturated heterocycles. The summed E-state index contributed by atoms with van der Waals surface area (Å²) < 4.78 is 4.51. The molecule has 1 heterocycles. The lowest BCUT2D eigenvalue weighted by Crippen LogP contribution is -2.37. The van der Waals surface area contributed by atoms with E-state index in [9.17, 15) is 14.4 Å². The van der Waals surface area contributed by atoms with Crippen LogP contribution in [0.1, 0.15) is 12.8 Å². The maximum absolute atomic E-state index is 11.2. The molecule has 7 heteroatoms. The molecule has 2 atom stereocenters. The number of nitrogens with one attached hydrogen (secondary N) is 1. The van der Waals surface area contributed by atoms with Crippen LogP contribution in [-0.4, -0.2) is 30.6 Å². The number of rotatable bonds is 4. The molecule has 3 amide bonds. The predicted molar refractivity (Wildman–Crippen MR) is 49.4 cm³/mol. The highest BCUT2D eigenvalue weighted by Gasteiger charge is 2.31. The third kappa shape index (κ3) is 3.12. The number of carbonyl (C=O) groups excluding carboxylic acids is 3. The molecular weight excluding hydrogens is 202 g/mol. The third-order valence-electron chi connectivity index (χ3n) is 2.24. The van der Waals surface area contributed by atoms with Crippen LogP contribution in [0.4, 0.5) is 4.79 Å². The molecule has 7 nitrogen and oxygen atoms in total. The van der Waals surface area contributed by atoms with Gasteiger partial charge in [0.2, 0.25) is 5.91 Å². The van der Waals surface area contributed by atoms with Gasteiger partial charge < -0.3 is 21.5 Å². The van der Waals surface area contributed by atoms with E-state index >= 15 is 0 Å². The molecule has 1 aliphatic heterocycles. The van der Waals surface area contributed by atoms with Gasteiger partial charge in [0.15, 0.2) is 6.10 Å². The quantitative estimate of drug-likeness (QED) is 0.525. The summed E-state index contributed by atoms with van der Waals surface area (Å²) in [6, 6.07) is 0. The fourth-order valence-corrected chi connectivity index (χ4v) is 1.49. The minimum Gasteiger partial charge on any atom is -0.436 e. The highest BCUT2D eigenvalue weighted by molar-refractivity contribution is 5.84. The number of hydrogen-bond acceptors (Lipinski definition) is 4. The van der Waals surface area contributed by atoms with E-state index in [1.54, 1.807) is 0 Å². The van der Waals surface area contributed by atoms with Crippen LogP contribution in [0, 0.1) is 5.92 Å². The van der Waals surface area contributed by atoms with Gasteiger partial charge in [-0.1, -0.05) is 0 Å². The first-order chi connectivity index (χ1) is 7.00. The Kier molecular flexibility index (Phi) is 3.48. The van der Waals surface area contributed by atoms with Crippen molar-refractivity contribution >= 4 is 17.9 Å². The van der Waals surface area contributed by atoms with Gasteiger partial charge in [-0.15, -0.1) is 0 Å². The van der Waals surface area contributed by atoms with Gasteiger partial charge in [0.05, 0.1) is 0 Å². The molecule has 0 radical (unpaired) electrons. The molecule has 15 heavy (non-hydrogen) atoms. The van der Waals surface area contributed by atoms with Crippen molar-refractivity contribution in [2.24, 2.45) is 17.4 Å². The van der Waals surface area contributed by atoms with E-state index in [0.29, 0.717) is 13.0 Å². The smallest absolute Gasteiger partial charge is 0.405 e. The van der Waals surface area contributed by atoms with Crippen molar-refractivity contribution in [1.29, 1.82) is 0 Å². The monoisotopic (exact) mass is 215 g/mol. The van der Waals surface area contributed by atoms with E-state index in [-0.39, 0.29) is 18.2 Å². The zero-order valence-electron chi connectivity index (χ0n) is 8.06. The van der Waals surface area contributed by atoms with Crippen LogP contribution in [0.2, 0.25) is 0 Å². The zero-order valence-corrected chi connectivity index (χ0v) is 8.06. The van der Waals surface area contributed by atoms with Gasteiger partial charge in [0, 0.05) is 18.9 Å². The Balaban J connectivity index is 2.54. The summed E-state index contributed by atoms with van der Waals surface area (Å²) in [5, 5.41) is 2.60. The highest BCUT2D eigenvalue weighted by Crippen LogP contribution is 2.17. The first kappa shape index (κ1) is 11.3. The van der Waals surface area contributed by atoms with E-state index in [1.807, 2.05) is 0 Å². The second-order valence-electron chi connectivity index (χ2n) is 3.34. The van der Waals surface area contributed by atoms with Gasteiger partial charge in [-0.2, -0.15) is 0 Å². The van der Waals surface area contributed by atoms with Crippen LogP contribution in [0.15, 0.2) is 0 Å². The Labute approximate surface area is 86.1 Å². The first-order valence-corrected chi connectivity index (χ1v) is 4.54. The molecule has 0 aromatic carbocycles. The maximum Gasteiger partial charge on any atom is 0.405 e. The van der Waals surface area contributed by atoms with Crippen molar-refractivity contribution in [3.63, 3.8) is 0 Å². The van der Waals surface area contributed by atoms with Crippen LogP contribution in [0.25, 0.3) is 0 Å². The molecule has 0 bridgehead atoms. The second-order valence-corrected chi connectivity index (χ2v) is 3.34. The zero-order chi connectivity index (χ0) is 11.4. The summed E-state index contributed by atoms with van der Waals surface area (Å²) in [4.78, 5) is 32.5. The second kappa shape index (κ2) is 4.63. The van der Waals surface area contributed by atoms with Crippen LogP contribution >= 0.6 is 0 Å². The third-order valence-corrected chi connectivity index (χ3v) is 2.24. The Hall–Kier alpha value is -1.79. The van der Waals surface area contributed by atoms with Crippen molar-refractivity contribution in [2.45, 2.75) is 18.9 Å². The minimum atomic E-state index is -1.13. The van der Waals surface area contributed by atoms with E-state index in [0.717, 1.165) is 0 Å². The Bertz CT molecular complexity index is 292. The summed E-state index contributed by atoms with van der Waals surface area (Å²) >= 11 is 0. The molecule has 84 valence electrons. The van der Waals surface area contributed by atoms with Crippen molar-refractivity contribution in [2.75, 3.05) is 6.54 Å². The van der Waals surface area contributed by atoms with E-state index in [2.05, 4.69) is 10.1 Å². The van der Waals surface area contributed by atoms with E-state index in [4.69, 9.17) is 11.5 Å². The number of hydrogen-bond donors (Lipinski definition) is 3. The number of primary amides is 2. The van der Waals surface area contributed by atoms with Gasteiger partial charge in [0.25, 0.3) is 5.91 Å². The van der Waals surface area contributed by atoms with Crippen LogP contribution in [-0.2, 0) is 14.3 Å². The average molecular weight is 215 g/mol. The molecule has 1 fully saturated rings. The molecule has 5 N–H and O–H groups in total. The normalized spacial score (nSPS) is 21.9. The standard InChI is InChI=1S/C8H13N3O4/c9-6(12)5(15-8(10)14)3-4-1-2-11-7(4)13/h4-5H,1-3H2,(H2,9,12)(H2,10,14)(H,11,13). The fourth-order valence-electron chi connectivity index (χ4n) is 1.49. The largest absolute Gasteiger partial charge is 0.436 e. The highest BCUT2D eigenvalue weighted by atomic mass is 16.6. The van der Waals surface area contributed by atoms with E-state index < -0.39 is 18.1 Å². The fraction of sp³-hybridized carbons (Fsp3) is 0.625. The van der Waals surface area contributed by atoms with Crippen LogP contribution in [0.5, 0.6) is 0 Å². The lowest BCUT2D eigenvalue weighted by Gasteiger charge is -2.15.